The first kappa shape index (κ1) is 24.1. The number of benzene rings is 2. The first-order valence-electron chi connectivity index (χ1n) is 9.36. The molecular weight excluding hydrogens is 468 g/mol. The Morgan fingerprint density at radius 3 is 2.03 bits per heavy atom. The van der Waals surface area contributed by atoms with E-state index in [9.17, 15) is 31.9 Å². The molecule has 174 valence electrons. The molecule has 7 nitrogen and oxygen atoms in total. The molecule has 3 rings (SSSR count). The molecule has 1 saturated heterocycles. The van der Waals surface area contributed by atoms with Crippen LogP contribution in [0.4, 0.5) is 22.4 Å². The van der Waals surface area contributed by atoms with Crippen LogP contribution in [0.1, 0.15) is 15.9 Å². The Labute approximate surface area is 189 Å². The van der Waals surface area contributed by atoms with Crippen LogP contribution in [0.5, 0.6) is 11.5 Å². The van der Waals surface area contributed by atoms with Crippen molar-refractivity contribution in [2.45, 2.75) is 13.2 Å². The lowest BCUT2D eigenvalue weighted by Gasteiger charge is -2.13. The van der Waals surface area contributed by atoms with Gasteiger partial charge in [-0.2, -0.15) is 17.6 Å². The molecule has 1 heterocycles. The maximum absolute atomic E-state index is 12.5. The van der Waals surface area contributed by atoms with E-state index in [0.29, 0.717) is 17.3 Å². The number of imide groups is 1. The van der Waals surface area contributed by atoms with E-state index in [1.165, 1.54) is 54.6 Å². The predicted octanol–water partition coefficient (Wildman–Crippen LogP) is 4.36. The zero-order chi connectivity index (χ0) is 24.0. The molecule has 1 aliphatic rings. The molecule has 0 spiro atoms. The molecule has 1 fully saturated rings. The van der Waals surface area contributed by atoms with Crippen LogP contribution in [0, 0.1) is 0 Å². The van der Waals surface area contributed by atoms with E-state index >= 15 is 0 Å². The summed E-state index contributed by atoms with van der Waals surface area (Å²) in [5, 5.41) is 2.01. The molecule has 0 saturated carbocycles. The number of thioether (sulfide) groups is 1. The number of hydrogen-bond donors (Lipinski definition) is 1. The van der Waals surface area contributed by atoms with Crippen molar-refractivity contribution in [1.82, 2.24) is 10.2 Å². The number of ether oxygens (including phenoxy) is 2. The smallest absolute Gasteiger partial charge is 0.387 e. The Balaban J connectivity index is 1.53. The Kier molecular flexibility index (Phi) is 7.93. The van der Waals surface area contributed by atoms with Crippen LogP contribution >= 0.6 is 11.8 Å². The topological polar surface area (TPSA) is 84.9 Å². The number of halogens is 4. The Morgan fingerprint density at radius 2 is 1.48 bits per heavy atom. The van der Waals surface area contributed by atoms with Crippen molar-refractivity contribution in [2.75, 3.05) is 13.1 Å². The first-order valence-corrected chi connectivity index (χ1v) is 10.2. The summed E-state index contributed by atoms with van der Waals surface area (Å²) in [6.45, 7) is -6.04. The second-order valence-electron chi connectivity index (χ2n) is 6.44. The van der Waals surface area contributed by atoms with Crippen molar-refractivity contribution in [2.24, 2.45) is 0 Å². The van der Waals surface area contributed by atoms with Crippen LogP contribution in [-0.2, 0) is 4.79 Å². The van der Waals surface area contributed by atoms with Gasteiger partial charge in [-0.15, -0.1) is 0 Å². The van der Waals surface area contributed by atoms with Gasteiger partial charge in [-0.05, 0) is 59.8 Å². The fourth-order valence-electron chi connectivity index (χ4n) is 2.76. The standard InChI is InChI=1S/C21H16F4N2O5S/c22-19(23)31-14-5-1-12(2-6-14)11-16-18(29)27(21(30)33-16)10-9-26-17(28)13-3-7-15(8-4-13)32-20(24)25/h1-8,11,19-20H,9-10H2,(H,26,28)/b16-11-. The summed E-state index contributed by atoms with van der Waals surface area (Å²) in [5.74, 6) is -1.21. The molecule has 0 unspecified atom stereocenters. The zero-order valence-corrected chi connectivity index (χ0v) is 17.5. The first-order chi connectivity index (χ1) is 15.7. The van der Waals surface area contributed by atoms with Crippen molar-refractivity contribution in [3.8, 4) is 11.5 Å². The maximum atomic E-state index is 12.5. The highest BCUT2D eigenvalue weighted by atomic mass is 32.2. The lowest BCUT2D eigenvalue weighted by molar-refractivity contribution is -0.122. The van der Waals surface area contributed by atoms with Crippen LogP contribution in [0.15, 0.2) is 53.4 Å². The van der Waals surface area contributed by atoms with E-state index < -0.39 is 30.3 Å². The van der Waals surface area contributed by atoms with E-state index in [-0.39, 0.29) is 35.1 Å². The molecular formula is C21H16F4N2O5S. The third-order valence-electron chi connectivity index (χ3n) is 4.24. The number of alkyl halides is 4. The maximum Gasteiger partial charge on any atom is 0.387 e. The molecule has 0 aliphatic carbocycles. The molecule has 1 N–H and O–H groups in total. The summed E-state index contributed by atoms with van der Waals surface area (Å²) in [4.78, 5) is 37.9. The molecule has 0 bridgehead atoms. The highest BCUT2D eigenvalue weighted by Gasteiger charge is 2.34. The van der Waals surface area contributed by atoms with Crippen LogP contribution in [0.25, 0.3) is 6.08 Å². The van der Waals surface area contributed by atoms with Crippen molar-refractivity contribution in [3.63, 3.8) is 0 Å². The summed E-state index contributed by atoms with van der Waals surface area (Å²) in [6, 6.07) is 10.6. The molecule has 0 aromatic heterocycles. The highest BCUT2D eigenvalue weighted by molar-refractivity contribution is 8.18. The van der Waals surface area contributed by atoms with Crippen molar-refractivity contribution in [1.29, 1.82) is 0 Å². The second-order valence-corrected chi connectivity index (χ2v) is 7.43. The van der Waals surface area contributed by atoms with Gasteiger partial charge in [0.1, 0.15) is 11.5 Å². The van der Waals surface area contributed by atoms with Crippen molar-refractivity contribution in [3.05, 3.63) is 64.6 Å². The largest absolute Gasteiger partial charge is 0.435 e. The van der Waals surface area contributed by atoms with Gasteiger partial charge >= 0.3 is 13.2 Å². The summed E-state index contributed by atoms with van der Waals surface area (Å²) < 4.78 is 57.2. The van der Waals surface area contributed by atoms with Gasteiger partial charge in [0.15, 0.2) is 0 Å². The number of hydrogen-bond acceptors (Lipinski definition) is 6. The number of rotatable bonds is 9. The summed E-state index contributed by atoms with van der Waals surface area (Å²) >= 11 is 0.712. The SMILES string of the molecule is O=C(NCCN1C(=O)S/C(=C\c2ccc(OC(F)F)cc2)C1=O)c1ccc(OC(F)F)cc1. The zero-order valence-electron chi connectivity index (χ0n) is 16.7. The number of amides is 3. The monoisotopic (exact) mass is 484 g/mol. The molecule has 0 atom stereocenters. The summed E-state index contributed by atoms with van der Waals surface area (Å²) in [5.41, 5.74) is 0.694. The van der Waals surface area contributed by atoms with E-state index in [0.717, 1.165) is 4.90 Å². The minimum absolute atomic E-state index is 0.0287. The van der Waals surface area contributed by atoms with Gasteiger partial charge in [-0.1, -0.05) is 12.1 Å². The van der Waals surface area contributed by atoms with Crippen LogP contribution in [-0.4, -0.2) is 48.3 Å². The number of nitrogens with one attached hydrogen (secondary N) is 1. The van der Waals surface area contributed by atoms with E-state index in [2.05, 4.69) is 14.8 Å². The third-order valence-corrected chi connectivity index (χ3v) is 5.15. The van der Waals surface area contributed by atoms with Gasteiger partial charge in [0, 0.05) is 18.7 Å². The fraction of sp³-hybridized carbons (Fsp3) is 0.190. The number of carbonyl (C=O) groups is 3. The fourth-order valence-corrected chi connectivity index (χ4v) is 3.63. The van der Waals surface area contributed by atoms with E-state index in [1.807, 2.05) is 0 Å². The lowest BCUT2D eigenvalue weighted by atomic mass is 10.2. The average Bonchev–Trinajstić information content (AvgIpc) is 3.02. The van der Waals surface area contributed by atoms with Gasteiger partial charge in [0.05, 0.1) is 4.91 Å². The molecule has 2 aromatic rings. The second kappa shape index (κ2) is 10.9. The summed E-state index contributed by atoms with van der Waals surface area (Å²) in [7, 11) is 0. The predicted molar refractivity (Wildman–Crippen MR) is 111 cm³/mol. The van der Waals surface area contributed by atoms with Gasteiger partial charge < -0.3 is 14.8 Å². The lowest BCUT2D eigenvalue weighted by Crippen LogP contribution is -2.37. The minimum Gasteiger partial charge on any atom is -0.435 e. The Morgan fingerprint density at radius 1 is 0.939 bits per heavy atom. The molecule has 2 aromatic carbocycles. The van der Waals surface area contributed by atoms with Gasteiger partial charge in [0.25, 0.3) is 17.1 Å². The molecule has 0 radical (unpaired) electrons. The molecule has 33 heavy (non-hydrogen) atoms. The van der Waals surface area contributed by atoms with Crippen LogP contribution in [0.2, 0.25) is 0 Å². The average molecular weight is 484 g/mol. The quantitative estimate of drug-likeness (QED) is 0.421. The third kappa shape index (κ3) is 6.72. The normalized spacial score (nSPS) is 15.0. The number of carbonyl (C=O) groups excluding carboxylic acids is 3. The van der Waals surface area contributed by atoms with Gasteiger partial charge in [-0.3, -0.25) is 19.3 Å². The van der Waals surface area contributed by atoms with Crippen molar-refractivity contribution < 1.29 is 41.4 Å². The summed E-state index contributed by atoms with van der Waals surface area (Å²) in [6.07, 6.45) is 1.44. The van der Waals surface area contributed by atoms with E-state index in [1.54, 1.807) is 0 Å². The van der Waals surface area contributed by atoms with Crippen LogP contribution < -0.4 is 14.8 Å². The Bertz CT molecular complexity index is 1050. The van der Waals surface area contributed by atoms with E-state index in [4.69, 9.17) is 0 Å². The molecule has 12 heteroatoms. The van der Waals surface area contributed by atoms with Gasteiger partial charge in [-0.25, -0.2) is 0 Å². The van der Waals surface area contributed by atoms with Crippen LogP contribution in [0.3, 0.4) is 0 Å². The van der Waals surface area contributed by atoms with Gasteiger partial charge in [0.2, 0.25) is 0 Å². The highest BCUT2D eigenvalue weighted by Crippen LogP contribution is 2.32. The Hall–Kier alpha value is -3.54. The van der Waals surface area contributed by atoms with Crippen molar-refractivity contribution >= 4 is 34.9 Å². The molecule has 3 amide bonds. The molecule has 1 aliphatic heterocycles. The minimum atomic E-state index is -2.98. The number of nitrogens with zero attached hydrogens (tertiary/aromatic N) is 1.